The van der Waals surface area contributed by atoms with Gasteiger partial charge in [0.05, 0.1) is 5.56 Å². The number of halogens is 4. The van der Waals surface area contributed by atoms with E-state index in [1.54, 1.807) is 0 Å². The van der Waals surface area contributed by atoms with Gasteiger partial charge in [-0.15, -0.1) is 0 Å². The van der Waals surface area contributed by atoms with E-state index in [2.05, 4.69) is 0 Å². The minimum absolute atomic E-state index is 0.284. The third-order valence-corrected chi connectivity index (χ3v) is 2.59. The lowest BCUT2D eigenvalue weighted by molar-refractivity contribution is -0.140. The van der Waals surface area contributed by atoms with Gasteiger partial charge in [0.2, 0.25) is 0 Å². The molecule has 1 atom stereocenters. The van der Waals surface area contributed by atoms with Crippen LogP contribution in [0.3, 0.4) is 0 Å². The largest absolute Gasteiger partial charge is 0.419 e. The number of alkyl halides is 3. The van der Waals surface area contributed by atoms with E-state index >= 15 is 0 Å². The number of hydrogen-bond donors (Lipinski definition) is 1. The number of rotatable bonds is 1. The zero-order valence-electron chi connectivity index (χ0n) is 9.90. The van der Waals surface area contributed by atoms with Gasteiger partial charge in [0.1, 0.15) is 5.82 Å². The van der Waals surface area contributed by atoms with Crippen LogP contribution in [0.4, 0.5) is 17.6 Å². The molecule has 0 bridgehead atoms. The zero-order chi connectivity index (χ0) is 13.4. The lowest BCUT2D eigenvalue weighted by atomic mass is 9.82. The maximum atomic E-state index is 13.1. The maximum Gasteiger partial charge on any atom is 0.419 e. The molecule has 5 heteroatoms. The molecule has 1 aromatic rings. The summed E-state index contributed by atoms with van der Waals surface area (Å²) < 4.78 is 50.6. The second kappa shape index (κ2) is 4.29. The Morgan fingerprint density at radius 2 is 1.65 bits per heavy atom. The van der Waals surface area contributed by atoms with Gasteiger partial charge in [-0.25, -0.2) is 4.39 Å². The average Bonchev–Trinajstić information content (AvgIpc) is 2.14. The molecule has 1 aromatic carbocycles. The number of nitrogens with two attached hydrogens (primary N) is 1. The quantitative estimate of drug-likeness (QED) is 0.751. The van der Waals surface area contributed by atoms with E-state index in [0.717, 1.165) is 12.1 Å². The Balaban J connectivity index is 3.23. The van der Waals surface area contributed by atoms with E-state index in [0.29, 0.717) is 0 Å². The molecule has 0 aliphatic carbocycles. The van der Waals surface area contributed by atoms with E-state index in [1.807, 2.05) is 20.8 Å². The lowest BCUT2D eigenvalue weighted by Gasteiger charge is -2.28. The van der Waals surface area contributed by atoms with Crippen LogP contribution in [0, 0.1) is 11.2 Å². The van der Waals surface area contributed by atoms with Crippen molar-refractivity contribution in [3.05, 3.63) is 35.1 Å². The first-order valence-electron chi connectivity index (χ1n) is 5.15. The van der Waals surface area contributed by atoms with Crippen molar-refractivity contribution in [3.8, 4) is 0 Å². The highest BCUT2D eigenvalue weighted by Gasteiger charge is 2.35. The van der Waals surface area contributed by atoms with E-state index < -0.39 is 23.6 Å². The summed E-state index contributed by atoms with van der Waals surface area (Å²) in [5, 5.41) is 0. The minimum Gasteiger partial charge on any atom is -0.324 e. The van der Waals surface area contributed by atoms with E-state index in [9.17, 15) is 17.6 Å². The van der Waals surface area contributed by atoms with Crippen molar-refractivity contribution in [2.24, 2.45) is 11.1 Å². The van der Waals surface area contributed by atoms with Gasteiger partial charge < -0.3 is 5.73 Å². The van der Waals surface area contributed by atoms with E-state index in [1.165, 1.54) is 6.07 Å². The number of hydrogen-bond acceptors (Lipinski definition) is 1. The fourth-order valence-electron chi connectivity index (χ4n) is 1.45. The summed E-state index contributed by atoms with van der Waals surface area (Å²) in [5.74, 6) is -1.28. The standard InChI is InChI=1S/C12H15F4N/c1-11(2,3)10(17)7-4-5-9(13)8(6-7)12(14,15)16/h4-6,10H,17H2,1-3H3. The van der Waals surface area contributed by atoms with Crippen molar-refractivity contribution in [1.29, 1.82) is 0 Å². The summed E-state index contributed by atoms with van der Waals surface area (Å²) in [7, 11) is 0. The second-order valence-corrected chi connectivity index (χ2v) is 5.08. The van der Waals surface area contributed by atoms with Gasteiger partial charge in [-0.05, 0) is 23.1 Å². The Bertz CT molecular complexity index is 404. The van der Waals surface area contributed by atoms with Crippen molar-refractivity contribution in [2.75, 3.05) is 0 Å². The Hall–Kier alpha value is -1.10. The van der Waals surface area contributed by atoms with Crippen molar-refractivity contribution < 1.29 is 17.6 Å². The zero-order valence-corrected chi connectivity index (χ0v) is 9.90. The number of benzene rings is 1. The molecule has 0 heterocycles. The van der Waals surface area contributed by atoms with Gasteiger partial charge in [0.25, 0.3) is 0 Å². The first-order chi connectivity index (χ1) is 7.53. The summed E-state index contributed by atoms with van der Waals surface area (Å²) >= 11 is 0. The van der Waals surface area contributed by atoms with Gasteiger partial charge in [-0.3, -0.25) is 0 Å². The van der Waals surface area contributed by atoms with Gasteiger partial charge in [-0.2, -0.15) is 13.2 Å². The summed E-state index contributed by atoms with van der Waals surface area (Å²) in [6.07, 6.45) is -4.70. The lowest BCUT2D eigenvalue weighted by Crippen LogP contribution is -2.26. The monoisotopic (exact) mass is 249 g/mol. The Morgan fingerprint density at radius 1 is 1.12 bits per heavy atom. The molecule has 17 heavy (non-hydrogen) atoms. The minimum atomic E-state index is -4.70. The molecule has 0 aromatic heterocycles. The third-order valence-electron chi connectivity index (χ3n) is 2.59. The summed E-state index contributed by atoms with van der Waals surface area (Å²) in [4.78, 5) is 0. The van der Waals surface area contributed by atoms with Crippen LogP contribution in [0.1, 0.15) is 37.9 Å². The highest BCUT2D eigenvalue weighted by atomic mass is 19.4. The van der Waals surface area contributed by atoms with Crippen molar-refractivity contribution in [1.82, 2.24) is 0 Å². The van der Waals surface area contributed by atoms with Crippen LogP contribution in [0.15, 0.2) is 18.2 Å². The van der Waals surface area contributed by atoms with Crippen LogP contribution in [0.25, 0.3) is 0 Å². The summed E-state index contributed by atoms with van der Waals surface area (Å²) in [5.41, 5.74) is 4.47. The molecule has 1 nitrogen and oxygen atoms in total. The Morgan fingerprint density at radius 3 is 2.06 bits per heavy atom. The predicted octanol–water partition coefficient (Wildman–Crippen LogP) is 3.89. The normalized spacial score (nSPS) is 14.8. The topological polar surface area (TPSA) is 26.0 Å². The smallest absolute Gasteiger partial charge is 0.324 e. The van der Waals surface area contributed by atoms with Crippen LogP contribution in [0.2, 0.25) is 0 Å². The van der Waals surface area contributed by atoms with E-state index in [4.69, 9.17) is 5.73 Å². The van der Waals surface area contributed by atoms with Crippen LogP contribution < -0.4 is 5.73 Å². The molecular weight excluding hydrogens is 234 g/mol. The molecule has 0 amide bonds. The highest BCUT2D eigenvalue weighted by molar-refractivity contribution is 5.30. The fourth-order valence-corrected chi connectivity index (χ4v) is 1.45. The third kappa shape index (κ3) is 3.19. The fraction of sp³-hybridized carbons (Fsp3) is 0.500. The molecular formula is C12H15F4N. The van der Waals surface area contributed by atoms with Crippen LogP contribution in [-0.4, -0.2) is 0 Å². The molecule has 0 radical (unpaired) electrons. The summed E-state index contributed by atoms with van der Waals surface area (Å²) in [6.45, 7) is 5.44. The van der Waals surface area contributed by atoms with Crippen LogP contribution in [-0.2, 0) is 6.18 Å². The molecule has 0 fully saturated rings. The molecule has 0 aliphatic rings. The van der Waals surface area contributed by atoms with Crippen molar-refractivity contribution in [3.63, 3.8) is 0 Å². The second-order valence-electron chi connectivity index (χ2n) is 5.08. The van der Waals surface area contributed by atoms with E-state index in [-0.39, 0.29) is 11.0 Å². The predicted molar refractivity (Wildman–Crippen MR) is 57.8 cm³/mol. The molecule has 1 unspecified atom stereocenters. The maximum absolute atomic E-state index is 13.1. The SMILES string of the molecule is CC(C)(C)C(N)c1ccc(F)c(C(F)(F)F)c1. The molecule has 0 saturated heterocycles. The molecule has 1 rings (SSSR count). The summed E-state index contributed by atoms with van der Waals surface area (Å²) in [6, 6.07) is 2.30. The highest BCUT2D eigenvalue weighted by Crippen LogP contribution is 2.36. The molecule has 0 spiro atoms. The van der Waals surface area contributed by atoms with Gasteiger partial charge in [0, 0.05) is 6.04 Å². The van der Waals surface area contributed by atoms with Crippen LogP contribution in [0.5, 0.6) is 0 Å². The van der Waals surface area contributed by atoms with Gasteiger partial charge >= 0.3 is 6.18 Å². The Labute approximate surface area is 97.6 Å². The van der Waals surface area contributed by atoms with Crippen molar-refractivity contribution >= 4 is 0 Å². The first kappa shape index (κ1) is 14.0. The average molecular weight is 249 g/mol. The van der Waals surface area contributed by atoms with Crippen molar-refractivity contribution in [2.45, 2.75) is 33.0 Å². The van der Waals surface area contributed by atoms with Gasteiger partial charge in [0.15, 0.2) is 0 Å². The van der Waals surface area contributed by atoms with Gasteiger partial charge in [-0.1, -0.05) is 26.8 Å². The molecule has 2 N–H and O–H groups in total. The molecule has 0 saturated carbocycles. The first-order valence-corrected chi connectivity index (χ1v) is 5.15. The Kier molecular flexibility index (Phi) is 3.52. The molecule has 0 aliphatic heterocycles. The molecule has 96 valence electrons. The van der Waals surface area contributed by atoms with Crippen LogP contribution >= 0.6 is 0 Å².